The monoisotopic (exact) mass is 277 g/mol. The Morgan fingerprint density at radius 3 is 2.55 bits per heavy atom. The van der Waals surface area contributed by atoms with Gasteiger partial charge in [0.1, 0.15) is 0 Å². The highest BCUT2D eigenvalue weighted by molar-refractivity contribution is 5.92. The summed E-state index contributed by atoms with van der Waals surface area (Å²) in [6.07, 6.45) is 1.53. The Hall–Kier alpha value is -1.88. The van der Waals surface area contributed by atoms with Crippen molar-refractivity contribution in [1.29, 1.82) is 0 Å². The summed E-state index contributed by atoms with van der Waals surface area (Å²) in [6.45, 7) is 2.52. The molecule has 0 aliphatic heterocycles. The van der Waals surface area contributed by atoms with Crippen LogP contribution in [0.4, 0.5) is 5.69 Å². The van der Waals surface area contributed by atoms with Gasteiger partial charge in [-0.25, -0.2) is 0 Å². The van der Waals surface area contributed by atoms with Gasteiger partial charge in [-0.05, 0) is 24.1 Å². The molecule has 0 bridgehead atoms. The van der Waals surface area contributed by atoms with E-state index in [1.54, 1.807) is 13.1 Å². The lowest BCUT2D eigenvalue weighted by Gasteiger charge is -2.14. The molecule has 0 fully saturated rings. The summed E-state index contributed by atoms with van der Waals surface area (Å²) in [5.74, 6) is 0.0489. The maximum Gasteiger partial charge on any atom is 0.224 e. The number of nitrogens with two attached hydrogens (primary N) is 1. The van der Waals surface area contributed by atoms with E-state index in [0.717, 1.165) is 12.0 Å². The second-order valence-electron chi connectivity index (χ2n) is 4.77. The molecule has 1 rings (SSSR count). The number of nitrogens with one attached hydrogen (secondary N) is 2. The van der Waals surface area contributed by atoms with Crippen LogP contribution >= 0.6 is 0 Å². The normalized spacial score (nSPS) is 11.8. The molecule has 0 saturated carbocycles. The first-order valence-corrected chi connectivity index (χ1v) is 6.89. The zero-order chi connectivity index (χ0) is 15.0. The molecular formula is C15H23N3O2. The van der Waals surface area contributed by atoms with Crippen molar-refractivity contribution in [1.82, 2.24) is 5.32 Å². The lowest BCUT2D eigenvalue weighted by Crippen LogP contribution is -2.23. The first-order valence-electron chi connectivity index (χ1n) is 6.89. The number of anilines is 1. The molecule has 20 heavy (non-hydrogen) atoms. The molecule has 2 amide bonds. The third-order valence-electron chi connectivity index (χ3n) is 3.31. The van der Waals surface area contributed by atoms with Gasteiger partial charge in [-0.15, -0.1) is 0 Å². The van der Waals surface area contributed by atoms with E-state index in [2.05, 4.69) is 10.6 Å². The number of rotatable bonds is 7. The molecule has 0 heterocycles. The van der Waals surface area contributed by atoms with E-state index in [-0.39, 0.29) is 24.2 Å². The van der Waals surface area contributed by atoms with Gasteiger partial charge in [0.25, 0.3) is 0 Å². The molecule has 1 aromatic carbocycles. The van der Waals surface area contributed by atoms with Gasteiger partial charge in [0.05, 0.1) is 6.42 Å². The number of carbonyl (C=O) groups is 2. The van der Waals surface area contributed by atoms with E-state index in [9.17, 15) is 9.59 Å². The summed E-state index contributed by atoms with van der Waals surface area (Å²) in [7, 11) is 1.59. The Kier molecular flexibility index (Phi) is 6.73. The van der Waals surface area contributed by atoms with Crippen molar-refractivity contribution in [3.63, 3.8) is 0 Å². The van der Waals surface area contributed by atoms with Gasteiger partial charge in [0.2, 0.25) is 11.8 Å². The van der Waals surface area contributed by atoms with Crippen LogP contribution in [-0.2, 0) is 16.0 Å². The fourth-order valence-electron chi connectivity index (χ4n) is 1.92. The van der Waals surface area contributed by atoms with Crippen molar-refractivity contribution in [3.8, 4) is 0 Å². The highest BCUT2D eigenvalue weighted by Crippen LogP contribution is 2.17. The molecule has 0 aromatic heterocycles. The Morgan fingerprint density at radius 2 is 1.95 bits per heavy atom. The van der Waals surface area contributed by atoms with Gasteiger partial charge in [-0.3, -0.25) is 9.59 Å². The van der Waals surface area contributed by atoms with Gasteiger partial charge in [0, 0.05) is 19.2 Å². The Bertz CT molecular complexity index is 456. The zero-order valence-electron chi connectivity index (χ0n) is 12.1. The molecule has 0 aliphatic rings. The molecule has 110 valence electrons. The van der Waals surface area contributed by atoms with Crippen molar-refractivity contribution in [2.75, 3.05) is 18.9 Å². The molecule has 0 radical (unpaired) electrons. The second kappa shape index (κ2) is 8.32. The average molecular weight is 277 g/mol. The van der Waals surface area contributed by atoms with Crippen molar-refractivity contribution < 1.29 is 9.59 Å². The maximum atomic E-state index is 12.0. The van der Waals surface area contributed by atoms with Crippen LogP contribution in [-0.4, -0.2) is 25.4 Å². The Labute approximate surface area is 119 Å². The molecule has 1 aromatic rings. The maximum absolute atomic E-state index is 12.0. The molecular weight excluding hydrogens is 254 g/mol. The topological polar surface area (TPSA) is 84.2 Å². The van der Waals surface area contributed by atoms with Gasteiger partial charge < -0.3 is 16.4 Å². The lowest BCUT2D eigenvalue weighted by atomic mass is 10.0. The van der Waals surface area contributed by atoms with Gasteiger partial charge >= 0.3 is 0 Å². The fraction of sp³-hybridized carbons (Fsp3) is 0.467. The number of para-hydroxylation sites is 1. The van der Waals surface area contributed by atoms with Crippen LogP contribution in [0.15, 0.2) is 24.3 Å². The van der Waals surface area contributed by atoms with Crippen LogP contribution in [0.2, 0.25) is 0 Å². The van der Waals surface area contributed by atoms with E-state index in [1.807, 2.05) is 25.1 Å². The molecule has 0 saturated heterocycles. The number of hydrogen-bond acceptors (Lipinski definition) is 3. The predicted molar refractivity (Wildman–Crippen MR) is 80.3 cm³/mol. The SMILES string of the molecule is CCC(CN)CC(=O)Nc1ccccc1CC(=O)NC. The number of carbonyl (C=O) groups excluding carboxylic acids is 2. The van der Waals surface area contributed by atoms with E-state index in [1.165, 1.54) is 0 Å². The molecule has 0 aliphatic carbocycles. The summed E-state index contributed by atoms with van der Waals surface area (Å²) in [6, 6.07) is 7.33. The summed E-state index contributed by atoms with van der Waals surface area (Å²) < 4.78 is 0. The molecule has 4 N–H and O–H groups in total. The Balaban J connectivity index is 2.71. The van der Waals surface area contributed by atoms with E-state index in [4.69, 9.17) is 5.73 Å². The van der Waals surface area contributed by atoms with Crippen molar-refractivity contribution in [2.24, 2.45) is 11.7 Å². The number of amides is 2. The van der Waals surface area contributed by atoms with Crippen molar-refractivity contribution in [3.05, 3.63) is 29.8 Å². The van der Waals surface area contributed by atoms with Gasteiger partial charge in [-0.2, -0.15) is 0 Å². The second-order valence-corrected chi connectivity index (χ2v) is 4.77. The first kappa shape index (κ1) is 16.2. The van der Waals surface area contributed by atoms with Crippen LogP contribution in [0.5, 0.6) is 0 Å². The van der Waals surface area contributed by atoms with Crippen LogP contribution in [0.25, 0.3) is 0 Å². The quantitative estimate of drug-likeness (QED) is 0.702. The summed E-state index contributed by atoms with van der Waals surface area (Å²) in [4.78, 5) is 23.4. The third kappa shape index (κ3) is 5.01. The molecule has 0 spiro atoms. The number of hydrogen-bond donors (Lipinski definition) is 3. The van der Waals surface area contributed by atoms with Crippen molar-refractivity contribution in [2.45, 2.75) is 26.2 Å². The highest BCUT2D eigenvalue weighted by atomic mass is 16.2. The molecule has 1 atom stereocenters. The van der Waals surface area contributed by atoms with E-state index < -0.39 is 0 Å². The highest BCUT2D eigenvalue weighted by Gasteiger charge is 2.13. The molecule has 5 heteroatoms. The summed E-state index contributed by atoms with van der Waals surface area (Å²) >= 11 is 0. The first-order chi connectivity index (χ1) is 9.60. The summed E-state index contributed by atoms with van der Waals surface area (Å²) in [5, 5.41) is 5.44. The minimum atomic E-state index is -0.0832. The van der Waals surface area contributed by atoms with Crippen LogP contribution < -0.4 is 16.4 Å². The fourth-order valence-corrected chi connectivity index (χ4v) is 1.92. The lowest BCUT2D eigenvalue weighted by molar-refractivity contribution is -0.120. The third-order valence-corrected chi connectivity index (χ3v) is 3.31. The largest absolute Gasteiger partial charge is 0.359 e. The number of benzene rings is 1. The minimum absolute atomic E-state index is 0.0633. The van der Waals surface area contributed by atoms with Gasteiger partial charge in [0.15, 0.2) is 0 Å². The zero-order valence-corrected chi connectivity index (χ0v) is 12.1. The van der Waals surface area contributed by atoms with Crippen LogP contribution in [0.1, 0.15) is 25.3 Å². The van der Waals surface area contributed by atoms with E-state index in [0.29, 0.717) is 18.7 Å². The van der Waals surface area contributed by atoms with Crippen LogP contribution in [0.3, 0.4) is 0 Å². The smallest absolute Gasteiger partial charge is 0.224 e. The number of likely N-dealkylation sites (N-methyl/N-ethyl adjacent to an activating group) is 1. The van der Waals surface area contributed by atoms with E-state index >= 15 is 0 Å². The molecule has 1 unspecified atom stereocenters. The predicted octanol–water partition coefficient (Wildman–Crippen LogP) is 1.29. The summed E-state index contributed by atoms with van der Waals surface area (Å²) in [5.41, 5.74) is 7.10. The molecule has 5 nitrogen and oxygen atoms in total. The van der Waals surface area contributed by atoms with Crippen LogP contribution in [0, 0.1) is 5.92 Å². The average Bonchev–Trinajstić information content (AvgIpc) is 2.46. The minimum Gasteiger partial charge on any atom is -0.359 e. The van der Waals surface area contributed by atoms with Gasteiger partial charge in [-0.1, -0.05) is 31.5 Å². The van der Waals surface area contributed by atoms with Crippen molar-refractivity contribution >= 4 is 17.5 Å². The standard InChI is InChI=1S/C15H23N3O2/c1-3-11(10-16)8-15(20)18-13-7-5-4-6-12(13)9-14(19)17-2/h4-7,11H,3,8-10,16H2,1-2H3,(H,17,19)(H,18,20). The Morgan fingerprint density at radius 1 is 1.25 bits per heavy atom.